The molecule has 0 radical (unpaired) electrons. The molecule has 0 spiro atoms. The second-order valence-corrected chi connectivity index (χ2v) is 7.54. The van der Waals surface area contributed by atoms with Crippen LogP contribution in [0.1, 0.15) is 37.4 Å². The number of ether oxygens (including phenoxy) is 1. The van der Waals surface area contributed by atoms with E-state index < -0.39 is 23.4 Å². The molecule has 0 fully saturated rings. The number of nitrogens with zero attached hydrogens (tertiary/aromatic N) is 1. The summed E-state index contributed by atoms with van der Waals surface area (Å²) < 4.78 is 5.02. The summed E-state index contributed by atoms with van der Waals surface area (Å²) in [5.41, 5.74) is 2.49. The first kappa shape index (κ1) is 24.1. The number of carbonyl (C=O) groups excluding carboxylic acids is 3. The van der Waals surface area contributed by atoms with Gasteiger partial charge in [-0.05, 0) is 37.6 Å². The maximum absolute atomic E-state index is 12.7. The molecule has 3 aromatic rings. The number of aryl methyl sites for hydroxylation is 1. The van der Waals surface area contributed by atoms with Crippen molar-refractivity contribution in [1.29, 1.82) is 0 Å². The van der Waals surface area contributed by atoms with Crippen molar-refractivity contribution in [3.63, 3.8) is 0 Å². The molecule has 3 aromatic carbocycles. The monoisotopic (exact) mass is 461 g/mol. The lowest BCUT2D eigenvalue weighted by Crippen LogP contribution is -2.26. The average Bonchev–Trinajstić information content (AvgIpc) is 2.82. The van der Waals surface area contributed by atoms with Crippen LogP contribution >= 0.6 is 0 Å². The molecule has 0 atom stereocenters. The third kappa shape index (κ3) is 6.04. The third-order valence-electron chi connectivity index (χ3n) is 5.08. The summed E-state index contributed by atoms with van der Waals surface area (Å²) in [6.07, 6.45) is 0. The summed E-state index contributed by atoms with van der Waals surface area (Å²) in [5.74, 6) is -1.89. The van der Waals surface area contributed by atoms with E-state index in [1.807, 2.05) is 31.2 Å². The molecule has 0 aliphatic heterocycles. The lowest BCUT2D eigenvalue weighted by molar-refractivity contribution is -0.385. The van der Waals surface area contributed by atoms with Crippen molar-refractivity contribution < 1.29 is 24.0 Å². The first-order valence-corrected chi connectivity index (χ1v) is 10.4. The molecule has 0 aliphatic rings. The van der Waals surface area contributed by atoms with Gasteiger partial charge in [0.2, 0.25) is 0 Å². The van der Waals surface area contributed by atoms with Gasteiger partial charge < -0.3 is 15.4 Å². The van der Waals surface area contributed by atoms with Crippen molar-refractivity contribution in [2.24, 2.45) is 0 Å². The Balaban J connectivity index is 1.61. The van der Waals surface area contributed by atoms with Crippen molar-refractivity contribution in [3.05, 3.63) is 105 Å². The summed E-state index contributed by atoms with van der Waals surface area (Å²) in [6, 6.07) is 18.2. The van der Waals surface area contributed by atoms with Gasteiger partial charge in [-0.2, -0.15) is 0 Å². The number of nitro groups is 1. The van der Waals surface area contributed by atoms with E-state index in [1.54, 1.807) is 24.3 Å². The molecule has 0 saturated carbocycles. The van der Waals surface area contributed by atoms with Crippen LogP contribution in [0.15, 0.2) is 66.7 Å². The summed E-state index contributed by atoms with van der Waals surface area (Å²) in [4.78, 5) is 47.8. The maximum Gasteiger partial charge on any atom is 0.339 e. The zero-order valence-corrected chi connectivity index (χ0v) is 18.7. The van der Waals surface area contributed by atoms with Crippen LogP contribution in [0.25, 0.3) is 0 Å². The molecule has 34 heavy (non-hydrogen) atoms. The van der Waals surface area contributed by atoms with Gasteiger partial charge in [-0.3, -0.25) is 19.7 Å². The number of nitro benzene ring substituents is 1. The van der Waals surface area contributed by atoms with Crippen LogP contribution in [0.3, 0.4) is 0 Å². The van der Waals surface area contributed by atoms with E-state index >= 15 is 0 Å². The van der Waals surface area contributed by atoms with Crippen LogP contribution in [-0.4, -0.2) is 29.3 Å². The molecule has 0 aromatic heterocycles. The standard InChI is InChI=1S/C25H23N3O6/c1-16-10-12-18(13-11-16)14-26-24(30)20-6-3-4-8-21(20)27-23(29)15-34-25(31)19-7-5-9-22(17(19)2)28(32)33/h3-13H,14-15H2,1-2H3,(H,26,30)(H,27,29). The van der Waals surface area contributed by atoms with E-state index in [4.69, 9.17) is 4.74 Å². The number of carbonyl (C=O) groups is 3. The fourth-order valence-corrected chi connectivity index (χ4v) is 3.21. The van der Waals surface area contributed by atoms with E-state index in [-0.39, 0.29) is 34.0 Å². The molecule has 2 N–H and O–H groups in total. The van der Waals surface area contributed by atoms with Gasteiger partial charge in [0, 0.05) is 18.2 Å². The minimum absolute atomic E-state index is 0.00196. The Kier molecular flexibility index (Phi) is 7.71. The Labute approximate surface area is 195 Å². The average molecular weight is 461 g/mol. The van der Waals surface area contributed by atoms with Crippen LogP contribution < -0.4 is 10.6 Å². The number of anilines is 1. The number of hydrogen-bond acceptors (Lipinski definition) is 6. The molecule has 3 rings (SSSR count). The Hall–Kier alpha value is -4.53. The first-order valence-electron chi connectivity index (χ1n) is 10.4. The molecular formula is C25H23N3O6. The summed E-state index contributed by atoms with van der Waals surface area (Å²) in [6.45, 7) is 3.10. The molecule has 2 amide bonds. The number of nitrogens with one attached hydrogen (secondary N) is 2. The summed E-state index contributed by atoms with van der Waals surface area (Å²) in [7, 11) is 0. The van der Waals surface area contributed by atoms with Gasteiger partial charge >= 0.3 is 5.97 Å². The topological polar surface area (TPSA) is 128 Å². The van der Waals surface area contributed by atoms with Gasteiger partial charge in [-0.15, -0.1) is 0 Å². The van der Waals surface area contributed by atoms with E-state index in [0.717, 1.165) is 11.1 Å². The Bertz CT molecular complexity index is 1240. The van der Waals surface area contributed by atoms with E-state index in [1.165, 1.54) is 25.1 Å². The highest BCUT2D eigenvalue weighted by molar-refractivity contribution is 6.04. The molecule has 0 heterocycles. The maximum atomic E-state index is 12.7. The molecule has 9 nitrogen and oxygen atoms in total. The van der Waals surface area contributed by atoms with Crippen LogP contribution in [0.4, 0.5) is 11.4 Å². The van der Waals surface area contributed by atoms with Crippen LogP contribution in [0, 0.1) is 24.0 Å². The van der Waals surface area contributed by atoms with Crippen LogP contribution in [-0.2, 0) is 16.1 Å². The molecule has 0 aliphatic carbocycles. The highest BCUT2D eigenvalue weighted by Crippen LogP contribution is 2.22. The predicted molar refractivity (Wildman–Crippen MR) is 126 cm³/mol. The Morgan fingerprint density at radius 2 is 1.59 bits per heavy atom. The normalized spacial score (nSPS) is 10.3. The van der Waals surface area contributed by atoms with Gasteiger partial charge in [0.15, 0.2) is 6.61 Å². The van der Waals surface area contributed by atoms with Crippen molar-refractivity contribution >= 4 is 29.2 Å². The van der Waals surface area contributed by atoms with Crippen molar-refractivity contribution in [3.8, 4) is 0 Å². The van der Waals surface area contributed by atoms with Crippen LogP contribution in [0.5, 0.6) is 0 Å². The first-order chi connectivity index (χ1) is 16.3. The van der Waals surface area contributed by atoms with E-state index in [2.05, 4.69) is 10.6 Å². The number of esters is 1. The van der Waals surface area contributed by atoms with Gasteiger partial charge in [0.1, 0.15) is 0 Å². The molecule has 0 bridgehead atoms. The molecule has 174 valence electrons. The number of para-hydroxylation sites is 1. The number of rotatable bonds is 8. The molecular weight excluding hydrogens is 438 g/mol. The number of amides is 2. The SMILES string of the molecule is Cc1ccc(CNC(=O)c2ccccc2NC(=O)COC(=O)c2cccc([N+](=O)[O-])c2C)cc1. The Morgan fingerprint density at radius 1 is 0.912 bits per heavy atom. The van der Waals surface area contributed by atoms with Gasteiger partial charge in [-0.25, -0.2) is 4.79 Å². The zero-order valence-electron chi connectivity index (χ0n) is 18.7. The highest BCUT2D eigenvalue weighted by atomic mass is 16.6. The third-order valence-corrected chi connectivity index (χ3v) is 5.08. The molecule has 9 heteroatoms. The van der Waals surface area contributed by atoms with Crippen molar-refractivity contribution in [2.45, 2.75) is 20.4 Å². The Morgan fingerprint density at radius 3 is 2.29 bits per heavy atom. The summed E-state index contributed by atoms with van der Waals surface area (Å²) in [5, 5.41) is 16.4. The minimum Gasteiger partial charge on any atom is -0.452 e. The largest absolute Gasteiger partial charge is 0.452 e. The van der Waals surface area contributed by atoms with Crippen LogP contribution in [0.2, 0.25) is 0 Å². The summed E-state index contributed by atoms with van der Waals surface area (Å²) >= 11 is 0. The number of benzene rings is 3. The van der Waals surface area contributed by atoms with E-state index in [9.17, 15) is 24.5 Å². The smallest absolute Gasteiger partial charge is 0.339 e. The second kappa shape index (κ2) is 10.9. The lowest BCUT2D eigenvalue weighted by atomic mass is 10.1. The van der Waals surface area contributed by atoms with Gasteiger partial charge in [0.25, 0.3) is 17.5 Å². The van der Waals surface area contributed by atoms with Gasteiger partial charge in [0.05, 0.1) is 21.7 Å². The fraction of sp³-hybridized carbons (Fsp3) is 0.160. The predicted octanol–water partition coefficient (Wildman–Crippen LogP) is 3.94. The quantitative estimate of drug-likeness (QED) is 0.297. The zero-order chi connectivity index (χ0) is 24.7. The molecule has 0 unspecified atom stereocenters. The highest BCUT2D eigenvalue weighted by Gasteiger charge is 2.20. The minimum atomic E-state index is -0.861. The van der Waals surface area contributed by atoms with Crippen molar-refractivity contribution in [2.75, 3.05) is 11.9 Å². The van der Waals surface area contributed by atoms with Crippen molar-refractivity contribution in [1.82, 2.24) is 5.32 Å². The fourth-order valence-electron chi connectivity index (χ4n) is 3.21. The number of hydrogen-bond donors (Lipinski definition) is 2. The lowest BCUT2D eigenvalue weighted by Gasteiger charge is -2.12. The second-order valence-electron chi connectivity index (χ2n) is 7.54. The van der Waals surface area contributed by atoms with E-state index in [0.29, 0.717) is 6.54 Å². The van der Waals surface area contributed by atoms with Gasteiger partial charge in [-0.1, -0.05) is 48.0 Å². The molecule has 0 saturated heterocycles.